The molecule has 0 saturated carbocycles. The summed E-state index contributed by atoms with van der Waals surface area (Å²) in [6, 6.07) is 54.2. The number of esters is 4. The molecule has 0 aliphatic heterocycles. The lowest BCUT2D eigenvalue weighted by Gasteiger charge is -2.06. The Morgan fingerprint density at radius 3 is 1.13 bits per heavy atom. The van der Waals surface area contributed by atoms with Gasteiger partial charge in [-0.1, -0.05) is 139 Å². The number of ether oxygens (including phenoxy) is 4. The summed E-state index contributed by atoms with van der Waals surface area (Å²) in [5.74, 6) is -2.03. The van der Waals surface area contributed by atoms with E-state index in [1.165, 1.54) is 56.4 Å². The van der Waals surface area contributed by atoms with Gasteiger partial charge in [0.05, 0.1) is 55.5 Å². The zero-order valence-electron chi connectivity index (χ0n) is 49.0. The number of fused-ring (bicyclic) bond motifs is 4. The van der Waals surface area contributed by atoms with E-state index in [9.17, 15) is 28.0 Å². The summed E-state index contributed by atoms with van der Waals surface area (Å²) in [6.45, 7) is 8.00. The highest BCUT2D eigenvalue weighted by Gasteiger charge is 2.21. The largest absolute Gasteiger partial charge is 0.468 e. The van der Waals surface area contributed by atoms with Crippen molar-refractivity contribution in [1.82, 2.24) is 39.1 Å². The zero-order valence-corrected chi connectivity index (χ0v) is 49.8. The van der Waals surface area contributed by atoms with Gasteiger partial charge in [-0.15, -0.1) is 0 Å². The second kappa shape index (κ2) is 27.6. The molecule has 0 bridgehead atoms. The van der Waals surface area contributed by atoms with Crippen molar-refractivity contribution in [2.24, 2.45) is 0 Å². The van der Waals surface area contributed by atoms with Crippen LogP contribution in [0.15, 0.2) is 176 Å². The van der Waals surface area contributed by atoms with E-state index in [4.69, 9.17) is 25.8 Å². The van der Waals surface area contributed by atoms with Crippen molar-refractivity contribution in [2.75, 3.05) is 28.4 Å². The van der Waals surface area contributed by atoms with E-state index in [0.29, 0.717) is 27.5 Å². The van der Waals surface area contributed by atoms with Crippen LogP contribution in [0.25, 0.3) is 88.6 Å². The molecular formula is C68H61ClF2N8O8. The molecule has 0 amide bonds. The fourth-order valence-electron chi connectivity index (χ4n) is 9.88. The second-order valence-corrected chi connectivity index (χ2v) is 20.4. The lowest BCUT2D eigenvalue weighted by molar-refractivity contribution is -0.142. The number of methoxy groups -OCH3 is 4. The van der Waals surface area contributed by atoms with Gasteiger partial charge < -0.3 is 18.9 Å². The van der Waals surface area contributed by atoms with Crippen molar-refractivity contribution in [2.45, 2.75) is 53.9 Å². The van der Waals surface area contributed by atoms with Crippen LogP contribution < -0.4 is 0 Å². The first kappa shape index (κ1) is 61.2. The van der Waals surface area contributed by atoms with Crippen LogP contribution in [0.5, 0.6) is 0 Å². The summed E-state index contributed by atoms with van der Waals surface area (Å²) in [5, 5.41) is 22.4. The van der Waals surface area contributed by atoms with E-state index in [-0.39, 0.29) is 55.7 Å². The Hall–Kier alpha value is -10.3. The molecule has 442 valence electrons. The molecule has 19 heteroatoms. The molecule has 0 saturated heterocycles. The SMILES string of the molecule is COC(=O)Cn1nc(-c2cc(F)ccc2C)c2ccccc21.COC(=O)Cn1nc(-c2cccc(C)c2C)c2ccccc21.COC(=O)Cn1nc(-c2cccc(C)c2F)c2ccccc21.COC(=O)Cn1nc(-c2ccccc2Cl)c2ccccc21. The van der Waals surface area contributed by atoms with Gasteiger partial charge in [-0.05, 0) is 98.5 Å². The third kappa shape index (κ3) is 13.6. The Labute approximate surface area is 505 Å². The van der Waals surface area contributed by atoms with Gasteiger partial charge in [-0.25, -0.2) is 8.78 Å². The molecule has 4 heterocycles. The first-order valence-electron chi connectivity index (χ1n) is 27.5. The van der Waals surface area contributed by atoms with Gasteiger partial charge >= 0.3 is 23.9 Å². The minimum absolute atomic E-state index is 0.00948. The van der Waals surface area contributed by atoms with Gasteiger partial charge in [0.15, 0.2) is 0 Å². The Morgan fingerprint density at radius 1 is 0.379 bits per heavy atom. The van der Waals surface area contributed by atoms with E-state index in [1.54, 1.807) is 45.2 Å². The van der Waals surface area contributed by atoms with Crippen LogP contribution >= 0.6 is 11.6 Å². The number of hydrogen-bond acceptors (Lipinski definition) is 12. The summed E-state index contributed by atoms with van der Waals surface area (Å²) in [4.78, 5) is 46.2. The zero-order chi connectivity index (χ0) is 61.9. The number of carbonyl (C=O) groups is 4. The van der Waals surface area contributed by atoms with Crippen LogP contribution in [-0.4, -0.2) is 91.4 Å². The van der Waals surface area contributed by atoms with Crippen molar-refractivity contribution < 1.29 is 46.9 Å². The monoisotopic (exact) mass is 1190 g/mol. The van der Waals surface area contributed by atoms with Crippen LogP contribution in [0.4, 0.5) is 8.78 Å². The maximum absolute atomic E-state index is 14.4. The number of halogens is 3. The average Bonchev–Trinajstić information content (AvgIpc) is 1.87. The summed E-state index contributed by atoms with van der Waals surface area (Å²) >= 11 is 6.26. The third-order valence-electron chi connectivity index (χ3n) is 14.5. The van der Waals surface area contributed by atoms with Gasteiger partial charge in [-0.2, -0.15) is 20.4 Å². The van der Waals surface area contributed by atoms with Gasteiger partial charge in [0, 0.05) is 43.8 Å². The van der Waals surface area contributed by atoms with Crippen molar-refractivity contribution in [3.63, 3.8) is 0 Å². The maximum Gasteiger partial charge on any atom is 0.327 e. The maximum atomic E-state index is 14.4. The minimum Gasteiger partial charge on any atom is -0.468 e. The predicted molar refractivity (Wildman–Crippen MR) is 333 cm³/mol. The molecule has 0 aliphatic rings. The molecular weight excluding hydrogens is 1130 g/mol. The van der Waals surface area contributed by atoms with Crippen molar-refractivity contribution in [3.8, 4) is 45.0 Å². The molecule has 12 rings (SSSR count). The van der Waals surface area contributed by atoms with Gasteiger partial charge in [-0.3, -0.25) is 37.9 Å². The van der Waals surface area contributed by atoms with Gasteiger partial charge in [0.1, 0.15) is 60.6 Å². The van der Waals surface area contributed by atoms with Crippen LogP contribution in [0.3, 0.4) is 0 Å². The van der Waals surface area contributed by atoms with Gasteiger partial charge in [0.2, 0.25) is 0 Å². The summed E-state index contributed by atoms with van der Waals surface area (Å²) < 4.78 is 53.3. The molecule has 16 nitrogen and oxygen atoms in total. The molecule has 12 aromatic rings. The van der Waals surface area contributed by atoms with E-state index in [2.05, 4.69) is 51.1 Å². The van der Waals surface area contributed by atoms with Crippen LogP contribution in [0, 0.1) is 39.3 Å². The molecule has 8 aromatic carbocycles. The number of aromatic nitrogens is 8. The van der Waals surface area contributed by atoms with Gasteiger partial charge in [0.25, 0.3) is 0 Å². The van der Waals surface area contributed by atoms with Crippen molar-refractivity contribution >= 4 is 79.1 Å². The third-order valence-corrected chi connectivity index (χ3v) is 14.9. The fourth-order valence-corrected chi connectivity index (χ4v) is 10.1. The molecule has 0 unspecified atom stereocenters. The van der Waals surface area contributed by atoms with Crippen LogP contribution in [0.1, 0.15) is 22.3 Å². The molecule has 0 spiro atoms. The smallest absolute Gasteiger partial charge is 0.327 e. The fraction of sp³-hybridized carbons (Fsp3) is 0.176. The standard InChI is InChI=1S/C18H18N2O2.2C17H15FN2O2.C16H13ClN2O2/c1-12-7-6-9-14(13(12)2)18-15-8-4-5-10-16(15)20(19-18)11-17(21)22-3;1-11-6-5-8-13(16(11)18)17-12-7-3-4-9-14(12)20(19-17)10-15(21)22-2;1-11-7-8-12(18)9-14(11)17-13-5-3-4-6-15(13)20(19-17)10-16(21)22-2;1-21-15(20)10-19-14-9-5-3-7-12(14)16(18-19)11-6-2-4-8-13(11)17/h4-10H,11H2,1-3H3;2*3-9H,10H2,1-2H3;2-9H,10H2,1H3. The minimum atomic E-state index is -0.399. The van der Waals surface area contributed by atoms with E-state index >= 15 is 0 Å². The summed E-state index contributed by atoms with van der Waals surface area (Å²) in [7, 11) is 5.42. The lowest BCUT2D eigenvalue weighted by Crippen LogP contribution is -2.12. The molecule has 0 atom stereocenters. The average molecular weight is 1190 g/mol. The summed E-state index contributed by atoms with van der Waals surface area (Å²) in [5.41, 5.74) is 13.3. The number of aryl methyl sites for hydroxylation is 3. The Kier molecular flexibility index (Phi) is 19.4. The first-order valence-corrected chi connectivity index (χ1v) is 27.8. The highest BCUT2D eigenvalue weighted by Crippen LogP contribution is 2.36. The lowest BCUT2D eigenvalue weighted by atomic mass is 9.99. The van der Waals surface area contributed by atoms with E-state index in [1.807, 2.05) is 134 Å². The van der Waals surface area contributed by atoms with Crippen LogP contribution in [-0.2, 0) is 64.3 Å². The topological polar surface area (TPSA) is 176 Å². The number of para-hydroxylation sites is 4. The highest BCUT2D eigenvalue weighted by molar-refractivity contribution is 6.33. The van der Waals surface area contributed by atoms with Crippen LogP contribution in [0.2, 0.25) is 5.02 Å². The Bertz CT molecular complexity index is 4240. The van der Waals surface area contributed by atoms with Crippen molar-refractivity contribution in [1.29, 1.82) is 0 Å². The Morgan fingerprint density at radius 2 is 0.713 bits per heavy atom. The summed E-state index contributed by atoms with van der Waals surface area (Å²) in [6.07, 6.45) is 0. The second-order valence-electron chi connectivity index (χ2n) is 20.0. The quantitative estimate of drug-likeness (QED) is 0.0837. The highest BCUT2D eigenvalue weighted by atomic mass is 35.5. The molecule has 0 radical (unpaired) electrons. The van der Waals surface area contributed by atoms with E-state index < -0.39 is 5.97 Å². The molecule has 4 aromatic heterocycles. The van der Waals surface area contributed by atoms with Crippen molar-refractivity contribution in [3.05, 3.63) is 215 Å². The predicted octanol–water partition coefficient (Wildman–Crippen LogP) is 13.7. The number of carbonyl (C=O) groups excluding carboxylic acids is 4. The molecule has 87 heavy (non-hydrogen) atoms. The van der Waals surface area contributed by atoms with E-state index in [0.717, 1.165) is 77.3 Å². The number of hydrogen-bond donors (Lipinski definition) is 0. The Balaban J connectivity index is 0.000000138. The molecule has 0 fully saturated rings. The number of rotatable bonds is 12. The first-order chi connectivity index (χ1) is 42.0. The number of nitrogens with zero attached hydrogens (tertiary/aromatic N) is 8. The normalized spacial score (nSPS) is 10.8. The molecule has 0 aliphatic carbocycles. The molecule has 0 N–H and O–H groups in total. The number of benzene rings is 8.